The van der Waals surface area contributed by atoms with Crippen molar-refractivity contribution in [2.24, 2.45) is 0 Å². The van der Waals surface area contributed by atoms with Crippen molar-refractivity contribution in [1.82, 2.24) is 9.55 Å². The van der Waals surface area contributed by atoms with Crippen LogP contribution in [-0.2, 0) is 6.54 Å². The molecule has 0 radical (unpaired) electrons. The predicted molar refractivity (Wildman–Crippen MR) is 74.6 cm³/mol. The van der Waals surface area contributed by atoms with Crippen LogP contribution in [0.1, 0.15) is 17.0 Å². The molecular formula is C16H11F2N3. The molecule has 1 aromatic heterocycles. The molecule has 0 aliphatic heterocycles. The van der Waals surface area contributed by atoms with Crippen molar-refractivity contribution >= 4 is 11.0 Å². The highest BCUT2D eigenvalue weighted by Crippen LogP contribution is 2.20. The zero-order valence-corrected chi connectivity index (χ0v) is 11.3. The number of nitrogens with zero attached hydrogens (tertiary/aromatic N) is 3. The number of aromatic nitrogens is 2. The van der Waals surface area contributed by atoms with Crippen molar-refractivity contribution < 1.29 is 8.78 Å². The first kappa shape index (κ1) is 13.3. The van der Waals surface area contributed by atoms with Crippen LogP contribution in [0.2, 0.25) is 0 Å². The number of aryl methyl sites for hydroxylation is 1. The van der Waals surface area contributed by atoms with Gasteiger partial charge in [0.2, 0.25) is 0 Å². The van der Waals surface area contributed by atoms with E-state index in [-0.39, 0.29) is 17.9 Å². The van der Waals surface area contributed by atoms with Gasteiger partial charge in [0.1, 0.15) is 17.5 Å². The molecule has 3 aromatic rings. The summed E-state index contributed by atoms with van der Waals surface area (Å²) in [7, 11) is 0. The maximum atomic E-state index is 14.0. The van der Waals surface area contributed by atoms with E-state index in [1.165, 1.54) is 18.2 Å². The van der Waals surface area contributed by atoms with Crippen LogP contribution < -0.4 is 0 Å². The number of fused-ring (bicyclic) bond motifs is 1. The summed E-state index contributed by atoms with van der Waals surface area (Å²) in [5, 5.41) is 8.75. The van der Waals surface area contributed by atoms with E-state index >= 15 is 0 Å². The van der Waals surface area contributed by atoms with E-state index in [9.17, 15) is 8.78 Å². The lowest BCUT2D eigenvalue weighted by Crippen LogP contribution is -2.04. The zero-order valence-electron chi connectivity index (χ0n) is 11.3. The fourth-order valence-electron chi connectivity index (χ4n) is 2.34. The first-order valence-electron chi connectivity index (χ1n) is 6.39. The van der Waals surface area contributed by atoms with Gasteiger partial charge in [-0.05, 0) is 31.2 Å². The fraction of sp³-hybridized carbons (Fsp3) is 0.125. The smallest absolute Gasteiger partial charge is 0.129 e. The Hall–Kier alpha value is -2.74. The third-order valence-corrected chi connectivity index (χ3v) is 3.41. The summed E-state index contributed by atoms with van der Waals surface area (Å²) in [4.78, 5) is 4.28. The second kappa shape index (κ2) is 4.98. The normalized spacial score (nSPS) is 10.8. The maximum absolute atomic E-state index is 14.0. The van der Waals surface area contributed by atoms with Crippen molar-refractivity contribution in [3.05, 3.63) is 65.0 Å². The molecule has 0 aliphatic carbocycles. The lowest BCUT2D eigenvalue weighted by atomic mass is 10.1. The number of hydrogen-bond acceptors (Lipinski definition) is 2. The summed E-state index contributed by atoms with van der Waals surface area (Å²) in [6, 6.07) is 10.6. The molecule has 0 aliphatic rings. The van der Waals surface area contributed by atoms with Gasteiger partial charge in [-0.2, -0.15) is 5.26 Å². The van der Waals surface area contributed by atoms with Crippen molar-refractivity contribution in [1.29, 1.82) is 5.26 Å². The van der Waals surface area contributed by atoms with E-state index < -0.39 is 5.82 Å². The van der Waals surface area contributed by atoms with Crippen LogP contribution in [0.3, 0.4) is 0 Å². The molecule has 0 amide bonds. The van der Waals surface area contributed by atoms with Crippen LogP contribution >= 0.6 is 0 Å². The van der Waals surface area contributed by atoms with Crippen LogP contribution in [0.15, 0.2) is 36.4 Å². The minimum Gasteiger partial charge on any atom is -0.324 e. The second-order valence-electron chi connectivity index (χ2n) is 4.80. The lowest BCUT2D eigenvalue weighted by molar-refractivity contribution is 0.599. The van der Waals surface area contributed by atoms with Crippen LogP contribution in [-0.4, -0.2) is 9.55 Å². The summed E-state index contributed by atoms with van der Waals surface area (Å²) >= 11 is 0. The molecule has 3 nitrogen and oxygen atoms in total. The SMILES string of the molecule is Cc1nc2cc(F)ccc2n1Cc1ccc(C#N)cc1F. The van der Waals surface area contributed by atoms with Crippen LogP contribution in [0.25, 0.3) is 11.0 Å². The predicted octanol–water partition coefficient (Wildman–Crippen LogP) is 3.54. The largest absolute Gasteiger partial charge is 0.324 e. The zero-order chi connectivity index (χ0) is 15.0. The Bertz CT molecular complexity index is 875. The van der Waals surface area contributed by atoms with Crippen molar-refractivity contribution in [2.45, 2.75) is 13.5 Å². The minimum absolute atomic E-state index is 0.283. The molecule has 0 saturated heterocycles. The van der Waals surface area contributed by atoms with E-state index in [2.05, 4.69) is 4.98 Å². The Morgan fingerprint density at radius 3 is 2.71 bits per heavy atom. The van der Waals surface area contributed by atoms with Gasteiger partial charge in [-0.25, -0.2) is 13.8 Å². The third-order valence-electron chi connectivity index (χ3n) is 3.41. The number of nitriles is 1. The first-order valence-corrected chi connectivity index (χ1v) is 6.39. The Morgan fingerprint density at radius 2 is 2.00 bits per heavy atom. The molecule has 0 bridgehead atoms. The average molecular weight is 283 g/mol. The van der Waals surface area contributed by atoms with Gasteiger partial charge in [0.15, 0.2) is 0 Å². The molecule has 0 saturated carbocycles. The Kier molecular flexibility index (Phi) is 3.15. The highest BCUT2D eigenvalue weighted by atomic mass is 19.1. The second-order valence-corrected chi connectivity index (χ2v) is 4.80. The van der Waals surface area contributed by atoms with Gasteiger partial charge in [0.05, 0.1) is 29.2 Å². The molecule has 0 N–H and O–H groups in total. The van der Waals surface area contributed by atoms with E-state index in [1.54, 1.807) is 25.1 Å². The van der Waals surface area contributed by atoms with Gasteiger partial charge in [0.25, 0.3) is 0 Å². The topological polar surface area (TPSA) is 41.6 Å². The van der Waals surface area contributed by atoms with Crippen LogP contribution in [0, 0.1) is 29.9 Å². The van der Waals surface area contributed by atoms with Gasteiger partial charge < -0.3 is 4.57 Å². The summed E-state index contributed by atoms with van der Waals surface area (Å²) in [6.45, 7) is 2.07. The number of benzene rings is 2. The molecule has 2 aromatic carbocycles. The van der Waals surface area contributed by atoms with Gasteiger partial charge >= 0.3 is 0 Å². The summed E-state index contributed by atoms with van der Waals surface area (Å²) < 4.78 is 29.0. The highest BCUT2D eigenvalue weighted by molar-refractivity contribution is 5.76. The third kappa shape index (κ3) is 2.36. The standard InChI is InChI=1S/C16H11F2N3/c1-10-20-15-7-13(17)4-5-16(15)21(10)9-12-3-2-11(8-19)6-14(12)18/h2-7H,9H2,1H3. The fourth-order valence-corrected chi connectivity index (χ4v) is 2.34. The number of halogens is 2. The number of hydrogen-bond donors (Lipinski definition) is 0. The molecule has 0 atom stereocenters. The number of imidazole rings is 1. The Balaban J connectivity index is 2.06. The van der Waals surface area contributed by atoms with E-state index in [1.807, 2.05) is 10.6 Å². The van der Waals surface area contributed by atoms with Crippen molar-refractivity contribution in [2.75, 3.05) is 0 Å². The lowest BCUT2D eigenvalue weighted by Gasteiger charge is -2.08. The van der Waals surface area contributed by atoms with E-state index in [4.69, 9.17) is 5.26 Å². The summed E-state index contributed by atoms with van der Waals surface area (Å²) in [5.41, 5.74) is 2.03. The molecule has 5 heteroatoms. The van der Waals surface area contributed by atoms with Crippen molar-refractivity contribution in [3.63, 3.8) is 0 Å². The van der Waals surface area contributed by atoms with E-state index in [0.29, 0.717) is 16.9 Å². The van der Waals surface area contributed by atoms with Gasteiger partial charge in [-0.3, -0.25) is 0 Å². The molecule has 1 heterocycles. The first-order chi connectivity index (χ1) is 10.1. The molecular weight excluding hydrogens is 272 g/mol. The molecule has 0 unspecified atom stereocenters. The maximum Gasteiger partial charge on any atom is 0.129 e. The summed E-state index contributed by atoms with van der Waals surface area (Å²) in [5.74, 6) is -0.103. The highest BCUT2D eigenvalue weighted by Gasteiger charge is 2.11. The Morgan fingerprint density at radius 1 is 1.19 bits per heavy atom. The number of rotatable bonds is 2. The average Bonchev–Trinajstić information content (AvgIpc) is 2.76. The van der Waals surface area contributed by atoms with Crippen LogP contribution in [0.5, 0.6) is 0 Å². The van der Waals surface area contributed by atoms with Crippen molar-refractivity contribution in [3.8, 4) is 6.07 Å². The molecule has 3 rings (SSSR count). The van der Waals surface area contributed by atoms with Gasteiger partial charge in [0, 0.05) is 11.6 Å². The molecule has 21 heavy (non-hydrogen) atoms. The summed E-state index contributed by atoms with van der Waals surface area (Å²) in [6.07, 6.45) is 0. The van der Waals surface area contributed by atoms with E-state index in [0.717, 1.165) is 5.52 Å². The quantitative estimate of drug-likeness (QED) is 0.721. The Labute approximate surface area is 120 Å². The van der Waals surface area contributed by atoms with Gasteiger partial charge in [-0.1, -0.05) is 6.07 Å². The molecule has 0 spiro atoms. The monoisotopic (exact) mass is 283 g/mol. The minimum atomic E-state index is -0.433. The van der Waals surface area contributed by atoms with Crippen LogP contribution in [0.4, 0.5) is 8.78 Å². The van der Waals surface area contributed by atoms with Gasteiger partial charge in [-0.15, -0.1) is 0 Å². The molecule has 0 fully saturated rings. The molecule has 104 valence electrons.